The molecule has 1 aromatic rings. The van der Waals surface area contributed by atoms with E-state index in [0.717, 1.165) is 0 Å². The predicted octanol–water partition coefficient (Wildman–Crippen LogP) is 1.63. The average molecular weight is 203 g/mol. The highest BCUT2D eigenvalue weighted by Crippen LogP contribution is 2.18. The van der Waals surface area contributed by atoms with E-state index in [1.165, 1.54) is 10.8 Å². The monoisotopic (exact) mass is 203 g/mol. The Morgan fingerprint density at radius 3 is 2.77 bits per heavy atom. The summed E-state index contributed by atoms with van der Waals surface area (Å²) in [5, 5.41) is 0. The van der Waals surface area contributed by atoms with Gasteiger partial charge >= 0.3 is 5.97 Å². The molecule has 0 aliphatic carbocycles. The minimum Gasteiger partial charge on any atom is -0.461 e. The van der Waals surface area contributed by atoms with Gasteiger partial charge in [0.1, 0.15) is 0 Å². The molecule has 72 valence electrons. The Bertz CT molecular complexity index is 335. The van der Waals surface area contributed by atoms with E-state index in [0.29, 0.717) is 0 Å². The van der Waals surface area contributed by atoms with Crippen molar-refractivity contribution in [3.05, 3.63) is 17.7 Å². The fourth-order valence-electron chi connectivity index (χ4n) is 1.01. The number of hydrogen-bond donors (Lipinski definition) is 1. The fourth-order valence-corrected chi connectivity index (χ4v) is 1.29. The third-order valence-corrected chi connectivity index (χ3v) is 1.88. The van der Waals surface area contributed by atoms with Crippen LogP contribution in [0.3, 0.4) is 0 Å². The van der Waals surface area contributed by atoms with Gasteiger partial charge in [0, 0.05) is 13.2 Å². The van der Waals surface area contributed by atoms with Crippen LogP contribution in [0.25, 0.3) is 0 Å². The first-order chi connectivity index (χ1) is 6.07. The lowest BCUT2D eigenvalue weighted by atomic mass is 10.4. The standard InChI is InChI=1S/C8H10FNO2S/c1-3-12-8(11)7-6(9)5(13)4-10(7)2/h4,13H,3H2,1-2H3. The molecule has 0 spiro atoms. The van der Waals surface area contributed by atoms with Gasteiger partial charge in [0.2, 0.25) is 0 Å². The smallest absolute Gasteiger partial charge is 0.358 e. The second kappa shape index (κ2) is 3.83. The summed E-state index contributed by atoms with van der Waals surface area (Å²) in [6.45, 7) is 1.89. The van der Waals surface area contributed by atoms with Crippen LogP contribution < -0.4 is 0 Å². The van der Waals surface area contributed by atoms with Crippen LogP contribution in [-0.2, 0) is 11.8 Å². The zero-order valence-electron chi connectivity index (χ0n) is 7.37. The molecule has 0 saturated carbocycles. The van der Waals surface area contributed by atoms with Gasteiger partial charge in [0.25, 0.3) is 0 Å². The number of esters is 1. The third-order valence-electron chi connectivity index (χ3n) is 1.57. The molecule has 0 aromatic carbocycles. The molecule has 0 aliphatic rings. The lowest BCUT2D eigenvalue weighted by Gasteiger charge is -2.02. The SMILES string of the molecule is CCOC(=O)c1c(F)c(S)cn1C. The Labute approximate surface area is 80.9 Å². The number of thiol groups is 1. The average Bonchev–Trinajstić information content (AvgIpc) is 2.27. The maximum absolute atomic E-state index is 13.2. The lowest BCUT2D eigenvalue weighted by Crippen LogP contribution is -2.11. The van der Waals surface area contributed by atoms with Crippen molar-refractivity contribution in [3.63, 3.8) is 0 Å². The summed E-state index contributed by atoms with van der Waals surface area (Å²) in [5.74, 6) is -1.30. The number of halogens is 1. The molecule has 1 heterocycles. The first kappa shape index (κ1) is 10.1. The molecule has 0 N–H and O–H groups in total. The Balaban J connectivity index is 3.06. The molecule has 0 radical (unpaired) electrons. The quantitative estimate of drug-likeness (QED) is 0.585. The molecule has 13 heavy (non-hydrogen) atoms. The van der Waals surface area contributed by atoms with Gasteiger partial charge in [-0.2, -0.15) is 0 Å². The maximum atomic E-state index is 13.2. The molecular formula is C8H10FNO2S. The molecular weight excluding hydrogens is 193 g/mol. The summed E-state index contributed by atoms with van der Waals surface area (Å²) in [6, 6.07) is 0. The normalized spacial score (nSPS) is 10.2. The zero-order valence-corrected chi connectivity index (χ0v) is 8.27. The van der Waals surface area contributed by atoms with E-state index in [-0.39, 0.29) is 17.2 Å². The van der Waals surface area contributed by atoms with Gasteiger partial charge in [-0.25, -0.2) is 9.18 Å². The Morgan fingerprint density at radius 2 is 2.38 bits per heavy atom. The number of aromatic nitrogens is 1. The molecule has 0 atom stereocenters. The number of rotatable bonds is 2. The number of nitrogens with zero attached hydrogens (tertiary/aromatic N) is 1. The largest absolute Gasteiger partial charge is 0.461 e. The highest BCUT2D eigenvalue weighted by molar-refractivity contribution is 7.80. The summed E-state index contributed by atoms with van der Waals surface area (Å²) in [5.41, 5.74) is -0.0909. The van der Waals surface area contributed by atoms with E-state index in [2.05, 4.69) is 17.4 Å². The lowest BCUT2D eigenvalue weighted by molar-refractivity contribution is 0.0509. The van der Waals surface area contributed by atoms with Gasteiger partial charge in [-0.3, -0.25) is 0 Å². The minimum atomic E-state index is -0.664. The van der Waals surface area contributed by atoms with Gasteiger partial charge in [-0.1, -0.05) is 0 Å². The molecule has 0 bridgehead atoms. The van der Waals surface area contributed by atoms with Crippen molar-refractivity contribution in [2.45, 2.75) is 11.8 Å². The van der Waals surface area contributed by atoms with Crippen LogP contribution in [0.4, 0.5) is 4.39 Å². The molecule has 0 aliphatic heterocycles. The van der Waals surface area contributed by atoms with Crippen LogP contribution >= 0.6 is 12.6 Å². The molecule has 1 rings (SSSR count). The number of hydrogen-bond acceptors (Lipinski definition) is 3. The van der Waals surface area contributed by atoms with Crippen molar-refractivity contribution in [1.29, 1.82) is 0 Å². The first-order valence-corrected chi connectivity index (χ1v) is 4.23. The van der Waals surface area contributed by atoms with Crippen molar-refractivity contribution in [2.75, 3.05) is 6.61 Å². The molecule has 5 heteroatoms. The molecule has 0 unspecified atom stereocenters. The van der Waals surface area contributed by atoms with Gasteiger partial charge in [-0.15, -0.1) is 12.6 Å². The van der Waals surface area contributed by atoms with Crippen molar-refractivity contribution in [1.82, 2.24) is 4.57 Å². The van der Waals surface area contributed by atoms with Gasteiger partial charge in [-0.05, 0) is 6.92 Å². The van der Waals surface area contributed by atoms with E-state index in [4.69, 9.17) is 0 Å². The highest BCUT2D eigenvalue weighted by atomic mass is 32.1. The fraction of sp³-hybridized carbons (Fsp3) is 0.375. The van der Waals surface area contributed by atoms with Crippen LogP contribution in [0.2, 0.25) is 0 Å². The minimum absolute atomic E-state index is 0.0909. The topological polar surface area (TPSA) is 31.2 Å². The van der Waals surface area contributed by atoms with Crippen molar-refractivity contribution >= 4 is 18.6 Å². The van der Waals surface area contributed by atoms with Crippen LogP contribution in [0.5, 0.6) is 0 Å². The molecule has 0 saturated heterocycles. The summed E-state index contributed by atoms with van der Waals surface area (Å²) in [4.78, 5) is 11.3. The second-order valence-electron chi connectivity index (χ2n) is 2.51. The Hall–Kier alpha value is -0.970. The zero-order chi connectivity index (χ0) is 10.0. The molecule has 0 amide bonds. The molecule has 1 aromatic heterocycles. The predicted molar refractivity (Wildman–Crippen MR) is 48.6 cm³/mol. The summed E-state index contributed by atoms with van der Waals surface area (Å²) in [6.07, 6.45) is 1.42. The Morgan fingerprint density at radius 1 is 1.77 bits per heavy atom. The van der Waals surface area contributed by atoms with Crippen LogP contribution in [0.15, 0.2) is 11.1 Å². The van der Waals surface area contributed by atoms with Gasteiger partial charge in [0.15, 0.2) is 11.5 Å². The van der Waals surface area contributed by atoms with E-state index < -0.39 is 11.8 Å². The summed E-state index contributed by atoms with van der Waals surface area (Å²) < 4.78 is 19.2. The van der Waals surface area contributed by atoms with Crippen molar-refractivity contribution in [3.8, 4) is 0 Å². The van der Waals surface area contributed by atoms with Gasteiger partial charge < -0.3 is 9.30 Å². The van der Waals surface area contributed by atoms with E-state index >= 15 is 0 Å². The Kier molecular flexibility index (Phi) is 2.98. The number of carbonyl (C=O) groups is 1. The van der Waals surface area contributed by atoms with Crippen molar-refractivity contribution in [2.24, 2.45) is 7.05 Å². The second-order valence-corrected chi connectivity index (χ2v) is 2.99. The van der Waals surface area contributed by atoms with Gasteiger partial charge in [0.05, 0.1) is 11.5 Å². The van der Waals surface area contributed by atoms with E-state index in [1.54, 1.807) is 14.0 Å². The molecule has 0 fully saturated rings. The maximum Gasteiger partial charge on any atom is 0.358 e. The third kappa shape index (κ3) is 1.85. The number of carbonyl (C=O) groups excluding carboxylic acids is 1. The van der Waals surface area contributed by atoms with E-state index in [1.807, 2.05) is 0 Å². The molecule has 3 nitrogen and oxygen atoms in total. The van der Waals surface area contributed by atoms with Crippen LogP contribution in [0, 0.1) is 5.82 Å². The highest BCUT2D eigenvalue weighted by Gasteiger charge is 2.19. The van der Waals surface area contributed by atoms with Crippen LogP contribution in [-0.4, -0.2) is 17.1 Å². The first-order valence-electron chi connectivity index (χ1n) is 3.78. The van der Waals surface area contributed by atoms with Crippen molar-refractivity contribution < 1.29 is 13.9 Å². The summed E-state index contributed by atoms with van der Waals surface area (Å²) >= 11 is 3.85. The van der Waals surface area contributed by atoms with E-state index in [9.17, 15) is 9.18 Å². The van der Waals surface area contributed by atoms with Crippen LogP contribution in [0.1, 0.15) is 17.4 Å². The number of aryl methyl sites for hydroxylation is 1. The summed E-state index contributed by atoms with van der Waals surface area (Å²) in [7, 11) is 1.56. The number of ether oxygens (including phenoxy) is 1.